The Morgan fingerprint density at radius 3 is 2.58 bits per heavy atom. The van der Waals surface area contributed by atoms with E-state index in [1.807, 2.05) is 7.05 Å². The molecule has 2 atom stereocenters. The summed E-state index contributed by atoms with van der Waals surface area (Å²) in [5, 5.41) is 3.38. The number of nitrogens with zero attached hydrogens (tertiary/aromatic N) is 1. The van der Waals surface area contributed by atoms with E-state index in [0.717, 1.165) is 38.3 Å². The van der Waals surface area contributed by atoms with Gasteiger partial charge in [-0.1, -0.05) is 26.7 Å². The van der Waals surface area contributed by atoms with Crippen LogP contribution in [0.25, 0.3) is 0 Å². The van der Waals surface area contributed by atoms with Crippen molar-refractivity contribution in [1.82, 2.24) is 10.2 Å². The Balaban J connectivity index is 2.04. The van der Waals surface area contributed by atoms with Crippen molar-refractivity contribution >= 4 is 5.91 Å². The Bertz CT molecular complexity index is 310. The quantitative estimate of drug-likeness (QED) is 0.852. The van der Waals surface area contributed by atoms with Crippen LogP contribution in [-0.4, -0.2) is 37.0 Å². The number of piperidine rings is 1. The molecule has 0 bridgehead atoms. The molecular formula is C16H30N2O. The standard InChI is InChI=1S/C16H30N2O/c1-4-16(8-10-17-11-9-16)15(19)18(3)14-7-5-6-13(2)12-14/h13-14,17H,4-12H2,1-3H3. The van der Waals surface area contributed by atoms with Gasteiger partial charge in [-0.2, -0.15) is 0 Å². The van der Waals surface area contributed by atoms with E-state index in [9.17, 15) is 4.79 Å². The first-order valence-corrected chi connectivity index (χ1v) is 8.07. The average molecular weight is 266 g/mol. The predicted octanol–water partition coefficient (Wildman–Crippen LogP) is 2.80. The Kier molecular flexibility index (Phi) is 4.88. The Hall–Kier alpha value is -0.570. The highest BCUT2D eigenvalue weighted by molar-refractivity contribution is 5.83. The summed E-state index contributed by atoms with van der Waals surface area (Å²) in [6.07, 6.45) is 8.01. The summed E-state index contributed by atoms with van der Waals surface area (Å²) in [6, 6.07) is 0.481. The first-order valence-electron chi connectivity index (χ1n) is 8.07. The highest BCUT2D eigenvalue weighted by atomic mass is 16.2. The lowest BCUT2D eigenvalue weighted by atomic mass is 9.74. The van der Waals surface area contributed by atoms with E-state index < -0.39 is 0 Å². The summed E-state index contributed by atoms with van der Waals surface area (Å²) in [6.45, 7) is 6.49. The summed E-state index contributed by atoms with van der Waals surface area (Å²) in [4.78, 5) is 15.1. The molecule has 1 amide bonds. The molecule has 0 radical (unpaired) electrons. The second-order valence-electron chi connectivity index (χ2n) is 6.73. The fourth-order valence-electron chi connectivity index (χ4n) is 3.92. The normalized spacial score (nSPS) is 30.9. The zero-order chi connectivity index (χ0) is 13.9. The zero-order valence-corrected chi connectivity index (χ0v) is 12.9. The molecule has 2 unspecified atom stereocenters. The second kappa shape index (κ2) is 6.25. The molecule has 0 spiro atoms. The molecule has 1 saturated heterocycles. The molecule has 3 heteroatoms. The number of rotatable bonds is 3. The average Bonchev–Trinajstić information content (AvgIpc) is 2.46. The first-order chi connectivity index (χ1) is 9.09. The minimum absolute atomic E-state index is 0.0827. The molecule has 19 heavy (non-hydrogen) atoms. The fourth-order valence-corrected chi connectivity index (χ4v) is 3.92. The molecule has 1 aliphatic carbocycles. The highest BCUT2D eigenvalue weighted by Crippen LogP contribution is 2.36. The summed E-state index contributed by atoms with van der Waals surface area (Å²) < 4.78 is 0. The van der Waals surface area contributed by atoms with E-state index >= 15 is 0 Å². The number of nitrogens with one attached hydrogen (secondary N) is 1. The van der Waals surface area contributed by atoms with Crippen LogP contribution in [0.1, 0.15) is 58.8 Å². The van der Waals surface area contributed by atoms with Crippen LogP contribution >= 0.6 is 0 Å². The summed E-state index contributed by atoms with van der Waals surface area (Å²) in [5.41, 5.74) is -0.0827. The van der Waals surface area contributed by atoms with Crippen LogP contribution in [0.4, 0.5) is 0 Å². The van der Waals surface area contributed by atoms with E-state index in [1.165, 1.54) is 25.7 Å². The van der Waals surface area contributed by atoms with Crippen molar-refractivity contribution in [2.75, 3.05) is 20.1 Å². The van der Waals surface area contributed by atoms with Gasteiger partial charge in [0.05, 0.1) is 5.41 Å². The van der Waals surface area contributed by atoms with Gasteiger partial charge in [0.25, 0.3) is 0 Å². The fraction of sp³-hybridized carbons (Fsp3) is 0.938. The molecule has 1 aliphatic heterocycles. The number of carbonyl (C=O) groups excluding carboxylic acids is 1. The van der Waals surface area contributed by atoms with Crippen LogP contribution in [0, 0.1) is 11.3 Å². The van der Waals surface area contributed by atoms with Gasteiger partial charge in [-0.25, -0.2) is 0 Å². The maximum absolute atomic E-state index is 13.0. The van der Waals surface area contributed by atoms with Gasteiger partial charge >= 0.3 is 0 Å². The number of amides is 1. The van der Waals surface area contributed by atoms with Crippen LogP contribution in [0.15, 0.2) is 0 Å². The SMILES string of the molecule is CCC1(C(=O)N(C)C2CCCC(C)C2)CCNCC1. The molecule has 0 aromatic carbocycles. The Morgan fingerprint density at radius 2 is 2.00 bits per heavy atom. The molecule has 0 aromatic rings. The topological polar surface area (TPSA) is 32.3 Å². The number of carbonyl (C=O) groups is 1. The second-order valence-corrected chi connectivity index (χ2v) is 6.73. The zero-order valence-electron chi connectivity index (χ0n) is 12.9. The van der Waals surface area contributed by atoms with E-state index in [0.29, 0.717) is 11.9 Å². The van der Waals surface area contributed by atoms with Crippen LogP contribution in [0.2, 0.25) is 0 Å². The van der Waals surface area contributed by atoms with Crippen molar-refractivity contribution in [1.29, 1.82) is 0 Å². The van der Waals surface area contributed by atoms with Gasteiger partial charge in [0.2, 0.25) is 5.91 Å². The van der Waals surface area contributed by atoms with E-state index in [2.05, 4.69) is 24.1 Å². The largest absolute Gasteiger partial charge is 0.342 e. The molecule has 1 N–H and O–H groups in total. The molecule has 1 saturated carbocycles. The van der Waals surface area contributed by atoms with Crippen molar-refractivity contribution in [2.24, 2.45) is 11.3 Å². The van der Waals surface area contributed by atoms with Gasteiger partial charge in [-0.15, -0.1) is 0 Å². The van der Waals surface area contributed by atoms with Gasteiger partial charge in [-0.05, 0) is 51.1 Å². The molecule has 1 heterocycles. The van der Waals surface area contributed by atoms with Crippen molar-refractivity contribution in [3.8, 4) is 0 Å². The van der Waals surface area contributed by atoms with Crippen molar-refractivity contribution in [2.45, 2.75) is 64.8 Å². The van der Waals surface area contributed by atoms with Crippen LogP contribution in [0.3, 0.4) is 0 Å². The maximum atomic E-state index is 13.0. The Labute approximate surface area is 118 Å². The van der Waals surface area contributed by atoms with Crippen LogP contribution in [-0.2, 0) is 4.79 Å². The van der Waals surface area contributed by atoms with Gasteiger partial charge < -0.3 is 10.2 Å². The minimum Gasteiger partial charge on any atom is -0.342 e. The molecule has 2 rings (SSSR count). The lowest BCUT2D eigenvalue weighted by molar-refractivity contribution is -0.145. The molecule has 110 valence electrons. The molecule has 3 nitrogen and oxygen atoms in total. The van der Waals surface area contributed by atoms with Crippen LogP contribution in [0.5, 0.6) is 0 Å². The smallest absolute Gasteiger partial charge is 0.228 e. The lowest BCUT2D eigenvalue weighted by Gasteiger charge is -2.42. The molecular weight excluding hydrogens is 236 g/mol. The molecule has 2 fully saturated rings. The third kappa shape index (κ3) is 3.13. The summed E-state index contributed by atoms with van der Waals surface area (Å²) >= 11 is 0. The van der Waals surface area contributed by atoms with Crippen molar-refractivity contribution in [3.63, 3.8) is 0 Å². The van der Waals surface area contributed by atoms with Gasteiger partial charge in [-0.3, -0.25) is 4.79 Å². The predicted molar refractivity (Wildman–Crippen MR) is 79.0 cm³/mol. The first kappa shape index (κ1) is 14.8. The third-order valence-electron chi connectivity index (χ3n) is 5.47. The monoisotopic (exact) mass is 266 g/mol. The summed E-state index contributed by atoms with van der Waals surface area (Å²) in [7, 11) is 2.05. The van der Waals surface area contributed by atoms with Crippen LogP contribution < -0.4 is 5.32 Å². The summed E-state index contributed by atoms with van der Waals surface area (Å²) in [5.74, 6) is 1.19. The van der Waals surface area contributed by atoms with E-state index in [1.54, 1.807) is 0 Å². The number of hydrogen-bond acceptors (Lipinski definition) is 2. The highest BCUT2D eigenvalue weighted by Gasteiger charge is 2.41. The third-order valence-corrected chi connectivity index (χ3v) is 5.47. The Morgan fingerprint density at radius 1 is 1.32 bits per heavy atom. The van der Waals surface area contributed by atoms with E-state index in [-0.39, 0.29) is 5.41 Å². The lowest BCUT2D eigenvalue weighted by Crippen LogP contribution is -2.51. The van der Waals surface area contributed by atoms with Gasteiger partial charge in [0.1, 0.15) is 0 Å². The van der Waals surface area contributed by atoms with Gasteiger partial charge in [0, 0.05) is 13.1 Å². The maximum Gasteiger partial charge on any atom is 0.228 e. The van der Waals surface area contributed by atoms with E-state index in [4.69, 9.17) is 0 Å². The van der Waals surface area contributed by atoms with Crippen molar-refractivity contribution < 1.29 is 4.79 Å². The van der Waals surface area contributed by atoms with Crippen molar-refractivity contribution in [3.05, 3.63) is 0 Å². The molecule has 0 aromatic heterocycles. The molecule has 2 aliphatic rings. The van der Waals surface area contributed by atoms with Gasteiger partial charge in [0.15, 0.2) is 0 Å². The number of hydrogen-bond donors (Lipinski definition) is 1. The minimum atomic E-state index is -0.0827.